The number of carbonyl (C=O) groups is 3. The summed E-state index contributed by atoms with van der Waals surface area (Å²) in [6.45, 7) is 1.34. The molecule has 0 aliphatic heterocycles. The van der Waals surface area contributed by atoms with Crippen LogP contribution in [0.2, 0.25) is 0 Å². The summed E-state index contributed by atoms with van der Waals surface area (Å²) in [4.78, 5) is 38.1. The molecule has 1 aliphatic carbocycles. The lowest BCUT2D eigenvalue weighted by molar-refractivity contribution is -0.150. The number of hydrogen-bond donors (Lipinski definition) is 2. The number of nitrogens with zero attached hydrogens (tertiary/aromatic N) is 2. The van der Waals surface area contributed by atoms with Gasteiger partial charge in [0.2, 0.25) is 0 Å². The molecule has 0 aromatic heterocycles. The number of urea groups is 1. The number of benzene rings is 1. The Bertz CT molecular complexity index is 818. The first-order valence-corrected chi connectivity index (χ1v) is 9.51. The van der Waals surface area contributed by atoms with E-state index in [4.69, 9.17) is 4.74 Å². The van der Waals surface area contributed by atoms with Gasteiger partial charge in [-0.05, 0) is 43.5 Å². The number of ether oxygens (including phenoxy) is 1. The van der Waals surface area contributed by atoms with Crippen LogP contribution in [-0.2, 0) is 14.3 Å². The summed E-state index contributed by atoms with van der Waals surface area (Å²) < 4.78 is 5.04. The van der Waals surface area contributed by atoms with E-state index in [1.165, 1.54) is 13.0 Å². The van der Waals surface area contributed by atoms with E-state index in [9.17, 15) is 19.6 Å². The van der Waals surface area contributed by atoms with E-state index in [0.717, 1.165) is 31.4 Å². The molecule has 1 aromatic rings. The Balaban J connectivity index is 1.92. The second-order valence-corrected chi connectivity index (χ2v) is 7.15. The maximum absolute atomic E-state index is 12.2. The molecule has 1 saturated carbocycles. The van der Waals surface area contributed by atoms with Crippen molar-refractivity contribution in [3.8, 4) is 6.07 Å². The first kappa shape index (κ1) is 22.0. The highest BCUT2D eigenvalue weighted by Gasteiger charge is 2.24. The summed E-state index contributed by atoms with van der Waals surface area (Å²) in [6, 6.07) is 8.48. The summed E-state index contributed by atoms with van der Waals surface area (Å²) in [6.07, 6.45) is 4.04. The maximum Gasteiger partial charge on any atom is 0.349 e. The molecule has 8 heteroatoms. The van der Waals surface area contributed by atoms with Crippen LogP contribution in [0.5, 0.6) is 0 Å². The van der Waals surface area contributed by atoms with Gasteiger partial charge in [-0.3, -0.25) is 10.1 Å². The third-order valence-electron chi connectivity index (χ3n) is 4.64. The van der Waals surface area contributed by atoms with Crippen molar-refractivity contribution < 1.29 is 19.1 Å². The smallest absolute Gasteiger partial charge is 0.349 e. The number of hydrogen-bond acceptors (Lipinski definition) is 6. The Labute approximate surface area is 170 Å². The number of rotatable bonds is 6. The summed E-state index contributed by atoms with van der Waals surface area (Å²) in [7, 11) is 3.81. The lowest BCUT2D eigenvalue weighted by Gasteiger charge is -2.15. The lowest BCUT2D eigenvalue weighted by Crippen LogP contribution is -2.47. The zero-order valence-corrected chi connectivity index (χ0v) is 16.9. The van der Waals surface area contributed by atoms with Crippen LogP contribution in [0.25, 0.3) is 6.08 Å². The van der Waals surface area contributed by atoms with Gasteiger partial charge in [0.1, 0.15) is 11.6 Å². The zero-order chi connectivity index (χ0) is 21.4. The highest BCUT2D eigenvalue weighted by Crippen LogP contribution is 2.17. The van der Waals surface area contributed by atoms with Crippen molar-refractivity contribution in [1.29, 1.82) is 5.26 Å². The molecule has 1 atom stereocenters. The molecule has 0 heterocycles. The van der Waals surface area contributed by atoms with Crippen molar-refractivity contribution in [2.24, 2.45) is 0 Å². The summed E-state index contributed by atoms with van der Waals surface area (Å²) in [5, 5.41) is 14.1. The molecule has 1 aromatic carbocycles. The molecule has 2 rings (SSSR count). The SMILES string of the molecule is C[C@H](OC(=O)/C(C#N)=C/c1ccc(N(C)C)cc1)C(=O)NC(=O)NC1CCCC1. The van der Waals surface area contributed by atoms with E-state index >= 15 is 0 Å². The largest absolute Gasteiger partial charge is 0.448 e. The molecule has 8 nitrogen and oxygen atoms in total. The number of esters is 1. The van der Waals surface area contributed by atoms with Gasteiger partial charge in [0.25, 0.3) is 5.91 Å². The minimum absolute atomic E-state index is 0.0627. The minimum Gasteiger partial charge on any atom is -0.448 e. The molecule has 2 N–H and O–H groups in total. The summed E-state index contributed by atoms with van der Waals surface area (Å²) in [5.74, 6) is -1.68. The second-order valence-electron chi connectivity index (χ2n) is 7.15. The third kappa shape index (κ3) is 6.64. The fourth-order valence-corrected chi connectivity index (χ4v) is 2.95. The highest BCUT2D eigenvalue weighted by atomic mass is 16.5. The van der Waals surface area contributed by atoms with Crippen LogP contribution in [0.3, 0.4) is 0 Å². The number of imide groups is 1. The Morgan fingerprint density at radius 3 is 2.38 bits per heavy atom. The van der Waals surface area contributed by atoms with E-state index in [1.807, 2.05) is 31.1 Å². The molecule has 1 aliphatic rings. The van der Waals surface area contributed by atoms with Crippen LogP contribution >= 0.6 is 0 Å². The van der Waals surface area contributed by atoms with E-state index in [-0.39, 0.29) is 11.6 Å². The minimum atomic E-state index is -1.22. The normalized spacial score (nSPS) is 15.2. The van der Waals surface area contributed by atoms with Gasteiger partial charge in [-0.1, -0.05) is 25.0 Å². The quantitative estimate of drug-likeness (QED) is 0.432. The van der Waals surface area contributed by atoms with Gasteiger partial charge in [-0.15, -0.1) is 0 Å². The second kappa shape index (κ2) is 10.3. The monoisotopic (exact) mass is 398 g/mol. The fourth-order valence-electron chi connectivity index (χ4n) is 2.95. The molecule has 29 heavy (non-hydrogen) atoms. The van der Waals surface area contributed by atoms with Crippen molar-refractivity contribution in [3.05, 3.63) is 35.4 Å². The van der Waals surface area contributed by atoms with Crippen molar-refractivity contribution in [1.82, 2.24) is 10.6 Å². The third-order valence-corrected chi connectivity index (χ3v) is 4.64. The molecule has 0 bridgehead atoms. The van der Waals surface area contributed by atoms with Gasteiger partial charge in [-0.25, -0.2) is 9.59 Å². The molecular formula is C21H26N4O4. The molecule has 0 radical (unpaired) electrons. The van der Waals surface area contributed by atoms with Gasteiger partial charge in [-0.2, -0.15) is 5.26 Å². The Morgan fingerprint density at radius 1 is 1.21 bits per heavy atom. The topological polar surface area (TPSA) is 112 Å². The predicted molar refractivity (Wildman–Crippen MR) is 109 cm³/mol. The maximum atomic E-state index is 12.2. The van der Waals surface area contributed by atoms with Gasteiger partial charge < -0.3 is 15.0 Å². The van der Waals surface area contributed by atoms with E-state index < -0.39 is 24.0 Å². The van der Waals surface area contributed by atoms with Gasteiger partial charge in [0, 0.05) is 25.8 Å². The van der Waals surface area contributed by atoms with Crippen LogP contribution in [0.4, 0.5) is 10.5 Å². The molecule has 1 fully saturated rings. The number of anilines is 1. The Morgan fingerprint density at radius 2 is 1.83 bits per heavy atom. The zero-order valence-electron chi connectivity index (χ0n) is 16.9. The first-order valence-electron chi connectivity index (χ1n) is 9.51. The van der Waals surface area contributed by atoms with Crippen LogP contribution in [-0.4, -0.2) is 44.1 Å². The Hall–Kier alpha value is -3.34. The molecule has 0 spiro atoms. The standard InChI is InChI=1S/C21H26N4O4/c1-14(19(26)24-21(28)23-17-6-4-5-7-17)29-20(27)16(13-22)12-15-8-10-18(11-9-15)25(2)3/h8-12,14,17H,4-7H2,1-3H3,(H2,23,24,26,28)/b16-12+/t14-/m0/s1. The molecule has 0 saturated heterocycles. The number of nitriles is 1. The molecular weight excluding hydrogens is 372 g/mol. The van der Waals surface area contributed by atoms with Crippen LogP contribution in [0, 0.1) is 11.3 Å². The predicted octanol–water partition coefficient (Wildman–Crippen LogP) is 2.36. The van der Waals surface area contributed by atoms with Gasteiger partial charge in [0.15, 0.2) is 6.10 Å². The number of amides is 3. The van der Waals surface area contributed by atoms with Crippen LogP contribution in [0.15, 0.2) is 29.8 Å². The Kier molecular flexibility index (Phi) is 7.78. The highest BCUT2D eigenvalue weighted by molar-refractivity contribution is 6.01. The number of carbonyl (C=O) groups excluding carboxylic acids is 3. The lowest BCUT2D eigenvalue weighted by atomic mass is 10.1. The van der Waals surface area contributed by atoms with Crippen molar-refractivity contribution >= 4 is 29.7 Å². The average Bonchev–Trinajstić information content (AvgIpc) is 3.18. The average molecular weight is 398 g/mol. The van der Waals surface area contributed by atoms with Crippen molar-refractivity contribution in [2.75, 3.05) is 19.0 Å². The van der Waals surface area contributed by atoms with E-state index in [1.54, 1.807) is 18.2 Å². The van der Waals surface area contributed by atoms with Gasteiger partial charge >= 0.3 is 12.0 Å². The molecule has 3 amide bonds. The number of nitrogens with one attached hydrogen (secondary N) is 2. The van der Waals surface area contributed by atoms with Crippen molar-refractivity contribution in [3.63, 3.8) is 0 Å². The molecule has 154 valence electrons. The summed E-state index contributed by atoms with van der Waals surface area (Å²) in [5.41, 5.74) is 1.39. The van der Waals surface area contributed by atoms with Crippen LogP contribution < -0.4 is 15.5 Å². The van der Waals surface area contributed by atoms with E-state index in [2.05, 4.69) is 10.6 Å². The van der Waals surface area contributed by atoms with Gasteiger partial charge in [0.05, 0.1) is 0 Å². The van der Waals surface area contributed by atoms with E-state index in [0.29, 0.717) is 5.56 Å². The molecule has 0 unspecified atom stereocenters. The fraction of sp³-hybridized carbons (Fsp3) is 0.429. The summed E-state index contributed by atoms with van der Waals surface area (Å²) >= 11 is 0. The first-order chi connectivity index (χ1) is 13.8. The van der Waals surface area contributed by atoms with Crippen molar-refractivity contribution in [2.45, 2.75) is 44.8 Å². The van der Waals surface area contributed by atoms with Crippen LogP contribution in [0.1, 0.15) is 38.2 Å².